The van der Waals surface area contributed by atoms with E-state index in [1.165, 1.54) is 36.0 Å². The zero-order valence-corrected chi connectivity index (χ0v) is 12.7. The van der Waals surface area contributed by atoms with Crippen LogP contribution in [0.2, 0.25) is 0 Å². The molecule has 0 radical (unpaired) electrons. The van der Waals surface area contributed by atoms with Crippen LogP contribution in [0.15, 0.2) is 18.2 Å². The van der Waals surface area contributed by atoms with Crippen LogP contribution in [-0.2, 0) is 6.42 Å². The first-order valence-corrected chi connectivity index (χ1v) is 7.32. The minimum atomic E-state index is 0.664. The van der Waals surface area contributed by atoms with Crippen LogP contribution >= 0.6 is 0 Å². The van der Waals surface area contributed by atoms with E-state index >= 15 is 0 Å². The predicted molar refractivity (Wildman–Crippen MR) is 81.2 cm³/mol. The Hall–Kier alpha value is -0.820. The lowest BCUT2D eigenvalue weighted by Crippen LogP contribution is -2.30. The van der Waals surface area contributed by atoms with Crippen molar-refractivity contribution in [3.63, 3.8) is 0 Å². The Kier molecular flexibility index (Phi) is 6.42. The van der Waals surface area contributed by atoms with Crippen molar-refractivity contribution in [1.82, 2.24) is 5.32 Å². The van der Waals surface area contributed by atoms with E-state index in [1.54, 1.807) is 0 Å². The first-order chi connectivity index (χ1) is 8.52. The summed E-state index contributed by atoms with van der Waals surface area (Å²) in [5.74, 6) is 0.772. The standard InChI is InChI=1S/C17H29N/c1-6-18-17(11-13(2)3)10-9-16-8-7-14(4)15(5)12-16/h7-8,12-13,17-18H,6,9-11H2,1-5H3. The van der Waals surface area contributed by atoms with Crippen molar-refractivity contribution in [2.24, 2.45) is 5.92 Å². The molecule has 0 amide bonds. The highest BCUT2D eigenvalue weighted by Gasteiger charge is 2.09. The van der Waals surface area contributed by atoms with Crippen molar-refractivity contribution in [2.75, 3.05) is 6.54 Å². The normalized spacial score (nSPS) is 13.0. The van der Waals surface area contributed by atoms with Gasteiger partial charge in [-0.05, 0) is 62.3 Å². The molecule has 0 saturated carbocycles. The van der Waals surface area contributed by atoms with Crippen LogP contribution in [0.5, 0.6) is 0 Å². The molecule has 0 aliphatic heterocycles. The van der Waals surface area contributed by atoms with Gasteiger partial charge in [0.15, 0.2) is 0 Å². The summed E-state index contributed by atoms with van der Waals surface area (Å²) in [7, 11) is 0. The summed E-state index contributed by atoms with van der Waals surface area (Å²) in [6.07, 6.45) is 3.71. The summed E-state index contributed by atoms with van der Waals surface area (Å²) in [6.45, 7) is 12.3. The lowest BCUT2D eigenvalue weighted by Gasteiger charge is -2.20. The molecule has 0 bridgehead atoms. The van der Waals surface area contributed by atoms with Crippen molar-refractivity contribution < 1.29 is 0 Å². The van der Waals surface area contributed by atoms with Crippen LogP contribution in [0.4, 0.5) is 0 Å². The number of nitrogens with one attached hydrogen (secondary N) is 1. The lowest BCUT2D eigenvalue weighted by atomic mass is 9.96. The van der Waals surface area contributed by atoms with Crippen molar-refractivity contribution in [1.29, 1.82) is 0 Å². The van der Waals surface area contributed by atoms with E-state index in [-0.39, 0.29) is 0 Å². The number of rotatable bonds is 7. The van der Waals surface area contributed by atoms with Gasteiger partial charge in [0, 0.05) is 6.04 Å². The minimum Gasteiger partial charge on any atom is -0.314 e. The molecule has 0 heterocycles. The van der Waals surface area contributed by atoms with Crippen LogP contribution < -0.4 is 5.32 Å². The molecule has 0 saturated heterocycles. The molecule has 1 unspecified atom stereocenters. The minimum absolute atomic E-state index is 0.664. The first kappa shape index (κ1) is 15.2. The van der Waals surface area contributed by atoms with E-state index < -0.39 is 0 Å². The molecule has 1 rings (SSSR count). The third-order valence-corrected chi connectivity index (χ3v) is 3.60. The Morgan fingerprint density at radius 1 is 1.11 bits per heavy atom. The second-order valence-corrected chi connectivity index (χ2v) is 5.84. The van der Waals surface area contributed by atoms with Gasteiger partial charge >= 0.3 is 0 Å². The van der Waals surface area contributed by atoms with Crippen LogP contribution in [0.3, 0.4) is 0 Å². The van der Waals surface area contributed by atoms with Gasteiger partial charge in [-0.15, -0.1) is 0 Å². The zero-order chi connectivity index (χ0) is 13.5. The third kappa shape index (κ3) is 5.22. The van der Waals surface area contributed by atoms with Crippen LogP contribution in [0, 0.1) is 19.8 Å². The highest BCUT2D eigenvalue weighted by Crippen LogP contribution is 2.15. The molecule has 18 heavy (non-hydrogen) atoms. The molecule has 0 fully saturated rings. The molecule has 0 aliphatic carbocycles. The van der Waals surface area contributed by atoms with Crippen molar-refractivity contribution >= 4 is 0 Å². The van der Waals surface area contributed by atoms with E-state index in [0.717, 1.165) is 12.5 Å². The number of hydrogen-bond donors (Lipinski definition) is 1. The van der Waals surface area contributed by atoms with E-state index in [0.29, 0.717) is 6.04 Å². The average molecular weight is 247 g/mol. The zero-order valence-electron chi connectivity index (χ0n) is 12.7. The third-order valence-electron chi connectivity index (χ3n) is 3.60. The van der Waals surface area contributed by atoms with E-state index in [4.69, 9.17) is 0 Å². The molecular formula is C17H29N. The maximum absolute atomic E-state index is 3.61. The summed E-state index contributed by atoms with van der Waals surface area (Å²) in [4.78, 5) is 0. The highest BCUT2D eigenvalue weighted by molar-refractivity contribution is 5.29. The quantitative estimate of drug-likeness (QED) is 0.759. The predicted octanol–water partition coefficient (Wildman–Crippen LogP) is 4.26. The Morgan fingerprint density at radius 3 is 2.39 bits per heavy atom. The van der Waals surface area contributed by atoms with Gasteiger partial charge < -0.3 is 5.32 Å². The summed E-state index contributed by atoms with van der Waals surface area (Å²) >= 11 is 0. The van der Waals surface area contributed by atoms with E-state index in [2.05, 4.69) is 58.1 Å². The van der Waals surface area contributed by atoms with Gasteiger partial charge in [0.1, 0.15) is 0 Å². The van der Waals surface area contributed by atoms with Crippen molar-refractivity contribution in [2.45, 2.75) is 59.9 Å². The Balaban J connectivity index is 2.52. The van der Waals surface area contributed by atoms with Gasteiger partial charge in [-0.3, -0.25) is 0 Å². The number of benzene rings is 1. The van der Waals surface area contributed by atoms with Crippen molar-refractivity contribution in [3.8, 4) is 0 Å². The van der Waals surface area contributed by atoms with E-state index in [1.807, 2.05) is 0 Å². The Bertz CT molecular complexity index is 355. The van der Waals surface area contributed by atoms with Crippen LogP contribution in [-0.4, -0.2) is 12.6 Å². The molecule has 0 aliphatic rings. The summed E-state index contributed by atoms with van der Waals surface area (Å²) < 4.78 is 0. The van der Waals surface area contributed by atoms with Crippen LogP contribution in [0.1, 0.15) is 50.3 Å². The van der Waals surface area contributed by atoms with E-state index in [9.17, 15) is 0 Å². The first-order valence-electron chi connectivity index (χ1n) is 7.32. The van der Waals surface area contributed by atoms with Gasteiger partial charge in [-0.2, -0.15) is 0 Å². The summed E-state index contributed by atoms with van der Waals surface area (Å²) in [6, 6.07) is 7.53. The highest BCUT2D eigenvalue weighted by atomic mass is 14.9. The molecule has 1 aromatic rings. The SMILES string of the molecule is CCNC(CCc1ccc(C)c(C)c1)CC(C)C. The van der Waals surface area contributed by atoms with Gasteiger partial charge in [0.05, 0.1) is 0 Å². The molecule has 1 atom stereocenters. The van der Waals surface area contributed by atoms with Gasteiger partial charge in [0.25, 0.3) is 0 Å². The average Bonchev–Trinajstić information content (AvgIpc) is 2.30. The molecule has 1 nitrogen and oxygen atoms in total. The fraction of sp³-hybridized carbons (Fsp3) is 0.647. The maximum Gasteiger partial charge on any atom is 0.00725 e. The molecule has 102 valence electrons. The second kappa shape index (κ2) is 7.58. The lowest BCUT2D eigenvalue weighted by molar-refractivity contribution is 0.405. The monoisotopic (exact) mass is 247 g/mol. The molecule has 0 spiro atoms. The number of aryl methyl sites for hydroxylation is 3. The molecule has 1 heteroatoms. The summed E-state index contributed by atoms with van der Waals surface area (Å²) in [5.41, 5.74) is 4.28. The Labute approximate surface area is 113 Å². The van der Waals surface area contributed by atoms with Gasteiger partial charge in [0.2, 0.25) is 0 Å². The number of hydrogen-bond acceptors (Lipinski definition) is 1. The largest absolute Gasteiger partial charge is 0.314 e. The molecule has 1 aromatic carbocycles. The fourth-order valence-corrected chi connectivity index (χ4v) is 2.46. The summed E-state index contributed by atoms with van der Waals surface area (Å²) in [5, 5.41) is 3.61. The van der Waals surface area contributed by atoms with Gasteiger partial charge in [-0.1, -0.05) is 39.0 Å². The van der Waals surface area contributed by atoms with Crippen molar-refractivity contribution in [3.05, 3.63) is 34.9 Å². The maximum atomic E-state index is 3.61. The molecule has 1 N–H and O–H groups in total. The fourth-order valence-electron chi connectivity index (χ4n) is 2.46. The van der Waals surface area contributed by atoms with Gasteiger partial charge in [-0.25, -0.2) is 0 Å². The van der Waals surface area contributed by atoms with Crippen LogP contribution in [0.25, 0.3) is 0 Å². The molecule has 0 aromatic heterocycles. The second-order valence-electron chi connectivity index (χ2n) is 5.84. The smallest absolute Gasteiger partial charge is 0.00725 e. The molecular weight excluding hydrogens is 218 g/mol. The Morgan fingerprint density at radius 2 is 1.83 bits per heavy atom. The topological polar surface area (TPSA) is 12.0 Å².